The fraction of sp³-hybridized carbons (Fsp3) is 0.167. The summed E-state index contributed by atoms with van der Waals surface area (Å²) in [5.41, 5.74) is 0.768. The minimum atomic E-state index is -1.83. The van der Waals surface area contributed by atoms with Gasteiger partial charge in [0.05, 0.1) is 0 Å². The molecule has 0 saturated carbocycles. The van der Waals surface area contributed by atoms with Crippen LogP contribution in [-0.2, 0) is 41.5 Å². The van der Waals surface area contributed by atoms with Crippen LogP contribution >= 0.6 is 0 Å². The number of phenolic OH excluding ortho intramolecular Hbond substituents is 6. The van der Waals surface area contributed by atoms with Gasteiger partial charge in [-0.15, -0.1) is 0 Å². The molecule has 0 aromatic heterocycles. The number of phenols is 6. The van der Waals surface area contributed by atoms with E-state index >= 15 is 0 Å². The Morgan fingerprint density at radius 3 is 1.86 bits per heavy atom. The first-order valence-electron chi connectivity index (χ1n) is 15.1. The zero-order valence-electron chi connectivity index (χ0n) is 26.2. The summed E-state index contributed by atoms with van der Waals surface area (Å²) in [6.45, 7) is 0. The highest BCUT2D eigenvalue weighted by molar-refractivity contribution is 5.92. The lowest BCUT2D eigenvalue weighted by molar-refractivity contribution is -0.166. The molecule has 8 N–H and O–H groups in total. The van der Waals surface area contributed by atoms with Gasteiger partial charge in [0, 0.05) is 24.5 Å². The Morgan fingerprint density at radius 2 is 1.24 bits per heavy atom. The van der Waals surface area contributed by atoms with E-state index in [2.05, 4.69) is 0 Å². The molecule has 0 unspecified atom stereocenters. The van der Waals surface area contributed by atoms with Crippen LogP contribution in [0.25, 0.3) is 6.08 Å². The zero-order valence-corrected chi connectivity index (χ0v) is 26.2. The second-order valence-corrected chi connectivity index (χ2v) is 11.4. The van der Waals surface area contributed by atoms with Crippen molar-refractivity contribution in [2.45, 2.75) is 37.1 Å². The van der Waals surface area contributed by atoms with Crippen molar-refractivity contribution in [1.82, 2.24) is 0 Å². The highest BCUT2D eigenvalue weighted by Gasteiger charge is 2.46. The van der Waals surface area contributed by atoms with E-state index in [0.717, 1.165) is 36.4 Å². The van der Waals surface area contributed by atoms with Gasteiger partial charge in [-0.2, -0.15) is 0 Å². The molecule has 4 aromatic rings. The number of rotatable bonds is 12. The van der Waals surface area contributed by atoms with Crippen molar-refractivity contribution in [3.05, 3.63) is 107 Å². The molecule has 1 aliphatic rings. The predicted molar refractivity (Wildman–Crippen MR) is 173 cm³/mol. The van der Waals surface area contributed by atoms with Gasteiger partial charge >= 0.3 is 23.9 Å². The summed E-state index contributed by atoms with van der Waals surface area (Å²) in [4.78, 5) is 50.8. The van der Waals surface area contributed by atoms with E-state index in [1.165, 1.54) is 48.5 Å². The van der Waals surface area contributed by atoms with Crippen LogP contribution in [0.2, 0.25) is 0 Å². The number of carboxylic acids is 2. The lowest BCUT2D eigenvalue weighted by Crippen LogP contribution is -2.33. The van der Waals surface area contributed by atoms with Crippen molar-refractivity contribution >= 4 is 30.0 Å². The SMILES string of the molecule is O=C(/C=C\c1ccc(O)c2c1[C@H](C(=O)O[C@H](Cc1ccc(O)c(O)c1)C(=O)O)[C@H](c1ccc(O)c(O)c1)O2)O[C@H](Cc1ccc(O)cc1)C(=O)O. The van der Waals surface area contributed by atoms with Crippen LogP contribution in [0.5, 0.6) is 40.2 Å². The molecule has 0 amide bonds. The van der Waals surface area contributed by atoms with Crippen molar-refractivity contribution < 1.29 is 74.2 Å². The van der Waals surface area contributed by atoms with Crippen LogP contribution < -0.4 is 4.74 Å². The molecule has 1 heterocycles. The second kappa shape index (κ2) is 14.7. The van der Waals surface area contributed by atoms with Gasteiger partial charge in [-0.25, -0.2) is 14.4 Å². The van der Waals surface area contributed by atoms with Crippen LogP contribution in [0.15, 0.2) is 78.9 Å². The Balaban J connectivity index is 1.47. The molecule has 264 valence electrons. The highest BCUT2D eigenvalue weighted by Crippen LogP contribution is 2.53. The number of aliphatic carboxylic acids is 2. The van der Waals surface area contributed by atoms with Crippen molar-refractivity contribution in [1.29, 1.82) is 0 Å². The molecule has 0 fully saturated rings. The van der Waals surface area contributed by atoms with E-state index in [4.69, 9.17) is 14.2 Å². The molecule has 0 spiro atoms. The summed E-state index contributed by atoms with van der Waals surface area (Å²) in [6, 6.07) is 15.1. The number of ether oxygens (including phenoxy) is 3. The maximum absolute atomic E-state index is 13.9. The fourth-order valence-electron chi connectivity index (χ4n) is 5.42. The van der Waals surface area contributed by atoms with Crippen LogP contribution in [0, 0.1) is 0 Å². The zero-order chi connectivity index (χ0) is 37.0. The number of fused-ring (bicyclic) bond motifs is 1. The topological polar surface area (TPSA) is 258 Å². The Kier molecular flexibility index (Phi) is 10.2. The summed E-state index contributed by atoms with van der Waals surface area (Å²) in [5, 5.41) is 79.3. The summed E-state index contributed by atoms with van der Waals surface area (Å²) >= 11 is 0. The molecule has 4 aromatic carbocycles. The maximum Gasteiger partial charge on any atom is 0.345 e. The largest absolute Gasteiger partial charge is 0.508 e. The second-order valence-electron chi connectivity index (χ2n) is 11.4. The van der Waals surface area contributed by atoms with Crippen LogP contribution in [-0.4, -0.2) is 76.9 Å². The molecule has 1 aliphatic heterocycles. The average Bonchev–Trinajstić information content (AvgIpc) is 3.49. The summed E-state index contributed by atoms with van der Waals surface area (Å²) in [5.74, 6) is -9.64. The number of aromatic hydroxyl groups is 6. The summed E-state index contributed by atoms with van der Waals surface area (Å²) in [6.07, 6.45) is -3.44. The molecule has 5 rings (SSSR count). The van der Waals surface area contributed by atoms with Crippen LogP contribution in [0.4, 0.5) is 0 Å². The van der Waals surface area contributed by atoms with Crippen molar-refractivity contribution in [2.24, 2.45) is 0 Å². The van der Waals surface area contributed by atoms with Crippen LogP contribution in [0.1, 0.15) is 39.8 Å². The number of esters is 2. The van der Waals surface area contributed by atoms with Gasteiger partial charge < -0.3 is 55.1 Å². The molecule has 0 saturated heterocycles. The number of hydrogen-bond acceptors (Lipinski definition) is 13. The number of benzene rings is 4. The van der Waals surface area contributed by atoms with E-state index in [1.54, 1.807) is 0 Å². The molecule has 51 heavy (non-hydrogen) atoms. The molecular formula is C36H30O15. The highest BCUT2D eigenvalue weighted by atomic mass is 16.6. The smallest absolute Gasteiger partial charge is 0.345 e. The first kappa shape index (κ1) is 35.4. The van der Waals surface area contributed by atoms with Gasteiger partial charge in [0.2, 0.25) is 12.2 Å². The number of hydrogen-bond donors (Lipinski definition) is 8. The molecule has 0 radical (unpaired) electrons. The van der Waals surface area contributed by atoms with E-state index in [-0.39, 0.29) is 40.2 Å². The van der Waals surface area contributed by atoms with E-state index < -0.39 is 83.3 Å². The van der Waals surface area contributed by atoms with Gasteiger partial charge in [-0.3, -0.25) is 4.79 Å². The third kappa shape index (κ3) is 8.05. The Hall–Kier alpha value is -6.90. The van der Waals surface area contributed by atoms with E-state index in [9.17, 15) is 60.0 Å². The summed E-state index contributed by atoms with van der Waals surface area (Å²) < 4.78 is 16.5. The number of carbonyl (C=O) groups is 4. The Bertz CT molecular complexity index is 2020. The maximum atomic E-state index is 13.9. The quantitative estimate of drug-likeness (QED) is 0.0596. The minimum Gasteiger partial charge on any atom is -0.508 e. The van der Waals surface area contributed by atoms with Gasteiger partial charge in [0.15, 0.2) is 34.5 Å². The predicted octanol–water partition coefficient (Wildman–Crippen LogP) is 3.63. The molecule has 4 atom stereocenters. The number of carboxylic acid groups (broad SMARTS) is 2. The third-order valence-corrected chi connectivity index (χ3v) is 7.93. The standard InChI is InChI=1S/C36H30O15/c37-21-7-1-17(2-8-21)14-27(34(44)45)49-29(43)12-6-19-4-11-24(40)33-30(19)31(32(51-33)20-5-10-23(39)26(42)16-20)36(48)50-28(35(46)47)15-18-3-9-22(38)25(41)13-18/h1-13,16,27-28,31-32,37-42H,14-15H2,(H,44,45)(H,46,47)/b12-6-/t27-,28-,31+,32+/m1/s1. The Morgan fingerprint density at radius 1 is 0.667 bits per heavy atom. The first-order valence-corrected chi connectivity index (χ1v) is 15.1. The molecule has 0 aliphatic carbocycles. The Labute approximate surface area is 288 Å². The van der Waals surface area contributed by atoms with Gasteiger partial charge in [-0.05, 0) is 70.8 Å². The molecule has 15 nitrogen and oxygen atoms in total. The molecule has 0 bridgehead atoms. The normalized spacial score (nSPS) is 16.1. The number of carbonyl (C=O) groups excluding carboxylic acids is 2. The van der Waals surface area contributed by atoms with E-state index in [0.29, 0.717) is 5.56 Å². The lowest BCUT2D eigenvalue weighted by atomic mass is 9.87. The third-order valence-electron chi connectivity index (χ3n) is 7.93. The minimum absolute atomic E-state index is 0.0429. The van der Waals surface area contributed by atoms with Crippen molar-refractivity contribution in [3.63, 3.8) is 0 Å². The van der Waals surface area contributed by atoms with Gasteiger partial charge in [-0.1, -0.05) is 30.3 Å². The fourth-order valence-corrected chi connectivity index (χ4v) is 5.42. The summed E-state index contributed by atoms with van der Waals surface area (Å²) in [7, 11) is 0. The molecular weight excluding hydrogens is 672 g/mol. The van der Waals surface area contributed by atoms with Gasteiger partial charge in [0.1, 0.15) is 17.8 Å². The monoisotopic (exact) mass is 702 g/mol. The van der Waals surface area contributed by atoms with Gasteiger partial charge in [0.25, 0.3) is 0 Å². The van der Waals surface area contributed by atoms with Crippen LogP contribution in [0.3, 0.4) is 0 Å². The first-order chi connectivity index (χ1) is 24.2. The van der Waals surface area contributed by atoms with Crippen molar-refractivity contribution in [2.75, 3.05) is 0 Å². The lowest BCUT2D eigenvalue weighted by Gasteiger charge is -2.22. The average molecular weight is 703 g/mol. The van der Waals surface area contributed by atoms with E-state index in [1.807, 2.05) is 0 Å². The van der Waals surface area contributed by atoms with Crippen molar-refractivity contribution in [3.8, 4) is 40.2 Å². The molecule has 15 heteroatoms.